The van der Waals surface area contributed by atoms with Crippen LogP contribution >= 0.6 is 46.3 Å². The number of anilines is 2. The second-order valence-corrected chi connectivity index (χ2v) is 13.6. The van der Waals surface area contributed by atoms with Crippen molar-refractivity contribution < 1.29 is 19.1 Å². The molecule has 2 amide bonds. The fourth-order valence-corrected chi connectivity index (χ4v) is 8.13. The number of amides is 2. The van der Waals surface area contributed by atoms with Gasteiger partial charge in [0.2, 0.25) is 5.91 Å². The van der Waals surface area contributed by atoms with Gasteiger partial charge in [-0.2, -0.15) is 0 Å². The van der Waals surface area contributed by atoms with Gasteiger partial charge in [-0.3, -0.25) is 9.59 Å². The minimum atomic E-state index is -0.432. The molecule has 1 aliphatic carbocycles. The lowest BCUT2D eigenvalue weighted by molar-refractivity contribution is -0.115. The molecule has 1 heterocycles. The third kappa shape index (κ3) is 7.49. The molecule has 6 nitrogen and oxygen atoms in total. The molecule has 0 fully saturated rings. The Labute approximate surface area is 275 Å². The zero-order valence-corrected chi connectivity index (χ0v) is 27.5. The Hall–Kier alpha value is -3.30. The number of halogens is 2. The molecule has 44 heavy (non-hydrogen) atoms. The third-order valence-electron chi connectivity index (χ3n) is 7.46. The molecule has 0 bridgehead atoms. The van der Waals surface area contributed by atoms with Crippen molar-refractivity contribution in [1.29, 1.82) is 0 Å². The number of thiophene rings is 1. The van der Waals surface area contributed by atoms with Gasteiger partial charge in [0.1, 0.15) is 5.00 Å². The van der Waals surface area contributed by atoms with E-state index in [4.69, 9.17) is 27.9 Å². The van der Waals surface area contributed by atoms with Crippen LogP contribution in [-0.4, -0.2) is 29.6 Å². The Kier molecular flexibility index (Phi) is 10.7. The summed E-state index contributed by atoms with van der Waals surface area (Å²) in [4.78, 5) is 41.5. The number of carbonyl (C=O) groups excluding carboxylic acids is 3. The monoisotopic (exact) mass is 666 g/mol. The summed E-state index contributed by atoms with van der Waals surface area (Å²) in [6, 6.07) is 22.4. The molecule has 0 radical (unpaired) electrons. The average molecular weight is 668 g/mol. The van der Waals surface area contributed by atoms with Crippen LogP contribution in [0.1, 0.15) is 69.3 Å². The molecule has 4 aromatic rings. The zero-order chi connectivity index (χ0) is 31.2. The van der Waals surface area contributed by atoms with E-state index in [2.05, 4.69) is 34.9 Å². The lowest BCUT2D eigenvalue weighted by Crippen LogP contribution is -2.25. The molecule has 2 atom stereocenters. The summed E-state index contributed by atoms with van der Waals surface area (Å²) in [7, 11) is 0. The molecule has 0 spiro atoms. The fraction of sp³-hybridized carbons (Fsp3) is 0.265. The van der Waals surface area contributed by atoms with Gasteiger partial charge in [-0.15, -0.1) is 23.1 Å². The third-order valence-corrected chi connectivity index (χ3v) is 10.5. The van der Waals surface area contributed by atoms with Crippen LogP contribution in [0.5, 0.6) is 0 Å². The van der Waals surface area contributed by atoms with Crippen LogP contribution < -0.4 is 10.6 Å². The summed E-state index contributed by atoms with van der Waals surface area (Å²) in [5.41, 5.74) is 3.64. The van der Waals surface area contributed by atoms with Crippen molar-refractivity contribution in [3.05, 3.63) is 110 Å². The van der Waals surface area contributed by atoms with E-state index in [9.17, 15) is 14.4 Å². The molecule has 0 saturated heterocycles. The summed E-state index contributed by atoms with van der Waals surface area (Å²) in [5.74, 6) is -0.586. The molecular formula is C34H32Cl2N2O4S2. The number of rotatable bonds is 10. The number of benzene rings is 3. The number of esters is 1. The first kappa shape index (κ1) is 32.1. The Morgan fingerprint density at radius 3 is 2.52 bits per heavy atom. The lowest BCUT2D eigenvalue weighted by Gasteiger charge is -2.23. The molecule has 2 unspecified atom stereocenters. The SMILES string of the molecule is CCOC(=O)c1c(NC(=O)C(CC)Sc2cccc(NC(=O)c3ccc(Cl)cc3Cl)c2)sc2c1CCC(c1ccccc1)C2. The van der Waals surface area contributed by atoms with Gasteiger partial charge in [0.25, 0.3) is 5.91 Å². The van der Waals surface area contributed by atoms with E-state index in [1.54, 1.807) is 25.1 Å². The van der Waals surface area contributed by atoms with Crippen LogP contribution in [0.25, 0.3) is 0 Å². The predicted molar refractivity (Wildman–Crippen MR) is 181 cm³/mol. The number of thioether (sulfide) groups is 1. The van der Waals surface area contributed by atoms with E-state index in [0.29, 0.717) is 39.2 Å². The highest BCUT2D eigenvalue weighted by Gasteiger charge is 2.32. The Balaban J connectivity index is 1.31. The molecule has 0 aliphatic heterocycles. The van der Waals surface area contributed by atoms with E-state index >= 15 is 0 Å². The predicted octanol–water partition coefficient (Wildman–Crippen LogP) is 9.27. The number of hydrogen-bond acceptors (Lipinski definition) is 6. The first-order valence-electron chi connectivity index (χ1n) is 14.5. The van der Waals surface area contributed by atoms with Crippen molar-refractivity contribution in [2.75, 3.05) is 17.2 Å². The Morgan fingerprint density at radius 1 is 1.00 bits per heavy atom. The summed E-state index contributed by atoms with van der Waals surface area (Å²) < 4.78 is 5.42. The summed E-state index contributed by atoms with van der Waals surface area (Å²) >= 11 is 15.0. The molecule has 3 aromatic carbocycles. The van der Waals surface area contributed by atoms with E-state index in [0.717, 1.165) is 34.6 Å². The maximum atomic E-state index is 13.6. The van der Waals surface area contributed by atoms with Gasteiger partial charge < -0.3 is 15.4 Å². The largest absolute Gasteiger partial charge is 0.462 e. The summed E-state index contributed by atoms with van der Waals surface area (Å²) in [6.45, 7) is 3.99. The van der Waals surface area contributed by atoms with Crippen molar-refractivity contribution >= 4 is 74.8 Å². The van der Waals surface area contributed by atoms with Gasteiger partial charge in [0, 0.05) is 20.5 Å². The maximum Gasteiger partial charge on any atom is 0.341 e. The van der Waals surface area contributed by atoms with Crippen molar-refractivity contribution in [2.24, 2.45) is 0 Å². The number of carbonyl (C=O) groups is 3. The van der Waals surface area contributed by atoms with Crippen LogP contribution in [0.3, 0.4) is 0 Å². The normalized spacial score (nSPS) is 14.8. The van der Waals surface area contributed by atoms with E-state index in [-0.39, 0.29) is 23.4 Å². The van der Waals surface area contributed by atoms with Crippen LogP contribution in [0, 0.1) is 0 Å². The standard InChI is InChI=1S/C34H32Cl2N2O4S2/c1-3-28(43-24-12-8-11-23(19-24)37-31(39)25-16-14-22(35)18-27(25)36)32(40)38-33-30(34(41)42-4-2)26-15-13-21(17-29(26)44-33)20-9-6-5-7-10-20/h5-12,14,16,18-19,21,28H,3-4,13,15,17H2,1-2H3,(H,37,39)(H,38,40). The smallest absolute Gasteiger partial charge is 0.341 e. The lowest BCUT2D eigenvalue weighted by atomic mass is 9.83. The number of fused-ring (bicyclic) bond motifs is 1. The minimum absolute atomic E-state index is 0.191. The molecule has 0 saturated carbocycles. The molecule has 5 rings (SSSR count). The molecule has 228 valence electrons. The highest BCUT2D eigenvalue weighted by molar-refractivity contribution is 8.00. The van der Waals surface area contributed by atoms with Gasteiger partial charge in [0.15, 0.2) is 0 Å². The van der Waals surface area contributed by atoms with Crippen molar-refractivity contribution in [3.8, 4) is 0 Å². The first-order valence-corrected chi connectivity index (χ1v) is 16.9. The van der Waals surface area contributed by atoms with E-state index in [1.807, 2.05) is 31.2 Å². The topological polar surface area (TPSA) is 84.5 Å². The highest BCUT2D eigenvalue weighted by atomic mass is 35.5. The van der Waals surface area contributed by atoms with Gasteiger partial charge >= 0.3 is 5.97 Å². The minimum Gasteiger partial charge on any atom is -0.462 e. The van der Waals surface area contributed by atoms with Crippen LogP contribution in [0.4, 0.5) is 10.7 Å². The van der Waals surface area contributed by atoms with E-state index in [1.165, 1.54) is 34.7 Å². The van der Waals surface area contributed by atoms with Crippen molar-refractivity contribution in [3.63, 3.8) is 0 Å². The maximum absolute atomic E-state index is 13.6. The van der Waals surface area contributed by atoms with Crippen LogP contribution in [0.2, 0.25) is 10.0 Å². The quantitative estimate of drug-likeness (QED) is 0.130. The van der Waals surface area contributed by atoms with Crippen LogP contribution in [-0.2, 0) is 22.4 Å². The average Bonchev–Trinajstić information content (AvgIpc) is 3.37. The zero-order valence-electron chi connectivity index (χ0n) is 24.3. The van der Waals surface area contributed by atoms with Gasteiger partial charge in [-0.1, -0.05) is 66.5 Å². The van der Waals surface area contributed by atoms with Crippen molar-refractivity contribution in [1.82, 2.24) is 0 Å². The second-order valence-electron chi connectivity index (χ2n) is 10.4. The summed E-state index contributed by atoms with van der Waals surface area (Å²) in [5, 5.41) is 6.76. The number of ether oxygens (including phenoxy) is 1. The van der Waals surface area contributed by atoms with Crippen molar-refractivity contribution in [2.45, 2.75) is 55.6 Å². The van der Waals surface area contributed by atoms with Gasteiger partial charge in [-0.25, -0.2) is 4.79 Å². The van der Waals surface area contributed by atoms with Gasteiger partial charge in [0.05, 0.1) is 28.0 Å². The van der Waals surface area contributed by atoms with Gasteiger partial charge in [-0.05, 0) is 86.1 Å². The van der Waals surface area contributed by atoms with Crippen LogP contribution in [0.15, 0.2) is 77.7 Å². The number of hydrogen-bond donors (Lipinski definition) is 2. The Morgan fingerprint density at radius 2 is 1.80 bits per heavy atom. The molecule has 10 heteroatoms. The second kappa shape index (κ2) is 14.7. The fourth-order valence-electron chi connectivity index (χ4n) is 5.30. The molecule has 1 aromatic heterocycles. The number of nitrogens with one attached hydrogen (secondary N) is 2. The Bertz CT molecular complexity index is 1680. The molecular weight excluding hydrogens is 635 g/mol. The first-order chi connectivity index (χ1) is 21.3. The molecule has 2 N–H and O–H groups in total. The molecule has 1 aliphatic rings. The highest BCUT2D eigenvalue weighted by Crippen LogP contribution is 2.43. The summed E-state index contributed by atoms with van der Waals surface area (Å²) in [6.07, 6.45) is 3.06. The van der Waals surface area contributed by atoms with E-state index < -0.39 is 11.2 Å².